The van der Waals surface area contributed by atoms with E-state index in [2.05, 4.69) is 15.2 Å². The predicted molar refractivity (Wildman–Crippen MR) is 90.2 cm³/mol. The van der Waals surface area contributed by atoms with Gasteiger partial charge < -0.3 is 15.3 Å². The predicted octanol–water partition coefficient (Wildman–Crippen LogP) is 3.10. The Kier molecular flexibility index (Phi) is 4.76. The molecule has 5 heteroatoms. The summed E-state index contributed by atoms with van der Waals surface area (Å²) in [5.74, 6) is 0.715. The van der Waals surface area contributed by atoms with Crippen LogP contribution in [0.15, 0.2) is 36.5 Å². The molecule has 0 saturated carbocycles. The molecule has 1 aliphatic heterocycles. The van der Waals surface area contributed by atoms with Gasteiger partial charge in [-0.25, -0.2) is 9.37 Å². The highest BCUT2D eigenvalue weighted by Gasteiger charge is 2.20. The van der Waals surface area contributed by atoms with E-state index in [1.807, 2.05) is 18.2 Å². The Morgan fingerprint density at radius 1 is 1.30 bits per heavy atom. The number of aliphatic hydroxyl groups is 1. The molecule has 0 amide bonds. The molecule has 0 spiro atoms. The number of aliphatic hydroxyl groups excluding tert-OH is 1. The highest BCUT2D eigenvalue weighted by molar-refractivity contribution is 5.65. The highest BCUT2D eigenvalue weighted by atomic mass is 19.1. The van der Waals surface area contributed by atoms with Gasteiger partial charge in [0.2, 0.25) is 0 Å². The number of nitrogens with zero attached hydrogens (tertiary/aromatic N) is 2. The van der Waals surface area contributed by atoms with Gasteiger partial charge in [-0.05, 0) is 49.1 Å². The first-order valence-corrected chi connectivity index (χ1v) is 8.00. The van der Waals surface area contributed by atoms with Crippen LogP contribution in [0.4, 0.5) is 15.9 Å². The summed E-state index contributed by atoms with van der Waals surface area (Å²) in [5, 5.41) is 13.0. The fourth-order valence-corrected chi connectivity index (χ4v) is 2.81. The van der Waals surface area contributed by atoms with E-state index in [0.717, 1.165) is 43.0 Å². The zero-order valence-corrected chi connectivity index (χ0v) is 13.3. The SMILES string of the molecule is Cc1ccc(CNc2cccnc2N2CCC(O)CC2)cc1F. The maximum atomic E-state index is 13.6. The number of pyridine rings is 1. The van der Waals surface area contributed by atoms with Crippen molar-refractivity contribution in [1.29, 1.82) is 0 Å². The summed E-state index contributed by atoms with van der Waals surface area (Å²) >= 11 is 0. The van der Waals surface area contributed by atoms with Crippen molar-refractivity contribution < 1.29 is 9.50 Å². The van der Waals surface area contributed by atoms with Crippen LogP contribution in [0.3, 0.4) is 0 Å². The van der Waals surface area contributed by atoms with Crippen LogP contribution < -0.4 is 10.2 Å². The van der Waals surface area contributed by atoms with Crippen LogP contribution in [0.25, 0.3) is 0 Å². The van der Waals surface area contributed by atoms with Gasteiger partial charge in [-0.3, -0.25) is 0 Å². The number of nitrogens with one attached hydrogen (secondary N) is 1. The summed E-state index contributed by atoms with van der Waals surface area (Å²) in [4.78, 5) is 6.66. The molecule has 0 aliphatic carbocycles. The number of rotatable bonds is 4. The molecule has 0 unspecified atom stereocenters. The molecule has 0 radical (unpaired) electrons. The van der Waals surface area contributed by atoms with Crippen molar-refractivity contribution in [3.05, 3.63) is 53.5 Å². The van der Waals surface area contributed by atoms with Gasteiger partial charge in [0.1, 0.15) is 5.82 Å². The summed E-state index contributed by atoms with van der Waals surface area (Å²) in [6.07, 6.45) is 3.09. The average molecular weight is 315 g/mol. The molecule has 2 heterocycles. The van der Waals surface area contributed by atoms with Crippen molar-refractivity contribution in [3.63, 3.8) is 0 Å². The minimum atomic E-state index is -0.207. The monoisotopic (exact) mass is 315 g/mol. The van der Waals surface area contributed by atoms with Crippen molar-refractivity contribution in [2.75, 3.05) is 23.3 Å². The van der Waals surface area contributed by atoms with Crippen molar-refractivity contribution in [2.24, 2.45) is 0 Å². The molecule has 2 aromatic rings. The summed E-state index contributed by atoms with van der Waals surface area (Å²) in [6, 6.07) is 9.16. The molecule has 1 aromatic carbocycles. The molecule has 0 atom stereocenters. The van der Waals surface area contributed by atoms with Crippen LogP contribution in [-0.4, -0.2) is 29.3 Å². The molecule has 4 nitrogen and oxygen atoms in total. The molecule has 1 fully saturated rings. The quantitative estimate of drug-likeness (QED) is 0.910. The number of halogens is 1. The topological polar surface area (TPSA) is 48.4 Å². The number of hydrogen-bond donors (Lipinski definition) is 2. The Labute approximate surface area is 136 Å². The lowest BCUT2D eigenvalue weighted by Gasteiger charge is -2.31. The molecule has 1 aliphatic rings. The van der Waals surface area contributed by atoms with Crippen molar-refractivity contribution in [3.8, 4) is 0 Å². The fraction of sp³-hybridized carbons (Fsp3) is 0.389. The van der Waals surface area contributed by atoms with E-state index in [9.17, 15) is 9.50 Å². The molecular weight excluding hydrogens is 293 g/mol. The number of aromatic nitrogens is 1. The van der Waals surface area contributed by atoms with E-state index in [4.69, 9.17) is 0 Å². The Morgan fingerprint density at radius 3 is 2.83 bits per heavy atom. The van der Waals surface area contributed by atoms with Gasteiger partial charge in [-0.1, -0.05) is 12.1 Å². The average Bonchev–Trinajstić information content (AvgIpc) is 2.57. The second-order valence-corrected chi connectivity index (χ2v) is 6.03. The number of hydrogen-bond acceptors (Lipinski definition) is 4. The lowest BCUT2D eigenvalue weighted by molar-refractivity contribution is 0.145. The van der Waals surface area contributed by atoms with Crippen LogP contribution in [0.1, 0.15) is 24.0 Å². The molecule has 2 N–H and O–H groups in total. The van der Waals surface area contributed by atoms with Crippen molar-refractivity contribution in [1.82, 2.24) is 4.98 Å². The second-order valence-electron chi connectivity index (χ2n) is 6.03. The third kappa shape index (κ3) is 3.79. The maximum Gasteiger partial charge on any atom is 0.151 e. The molecular formula is C18H22FN3O. The van der Waals surface area contributed by atoms with E-state index in [1.54, 1.807) is 25.3 Å². The zero-order chi connectivity index (χ0) is 16.2. The Bertz CT molecular complexity index is 669. The number of piperidine rings is 1. The molecule has 23 heavy (non-hydrogen) atoms. The van der Waals surface area contributed by atoms with E-state index in [1.165, 1.54) is 0 Å². The zero-order valence-electron chi connectivity index (χ0n) is 13.3. The summed E-state index contributed by atoms with van der Waals surface area (Å²) in [6.45, 7) is 3.90. The minimum absolute atomic E-state index is 0.180. The van der Waals surface area contributed by atoms with Crippen LogP contribution >= 0.6 is 0 Å². The normalized spacial score (nSPS) is 15.7. The maximum absolute atomic E-state index is 13.6. The Balaban J connectivity index is 1.71. The summed E-state index contributed by atoms with van der Waals surface area (Å²) in [7, 11) is 0. The third-order valence-electron chi connectivity index (χ3n) is 4.27. The molecule has 0 bridgehead atoms. The van der Waals surface area contributed by atoms with Crippen LogP contribution in [0.5, 0.6) is 0 Å². The van der Waals surface area contributed by atoms with Gasteiger partial charge in [-0.15, -0.1) is 0 Å². The Hall–Kier alpha value is -2.14. The van der Waals surface area contributed by atoms with Crippen LogP contribution in [-0.2, 0) is 6.54 Å². The first kappa shape index (κ1) is 15.7. The lowest BCUT2D eigenvalue weighted by Crippen LogP contribution is -2.36. The second kappa shape index (κ2) is 6.96. The van der Waals surface area contributed by atoms with Gasteiger partial charge in [0.25, 0.3) is 0 Å². The summed E-state index contributed by atoms with van der Waals surface area (Å²) < 4.78 is 13.6. The minimum Gasteiger partial charge on any atom is -0.393 e. The molecule has 3 rings (SSSR count). The van der Waals surface area contributed by atoms with Gasteiger partial charge in [0, 0.05) is 25.8 Å². The largest absolute Gasteiger partial charge is 0.393 e. The molecule has 1 saturated heterocycles. The third-order valence-corrected chi connectivity index (χ3v) is 4.27. The number of anilines is 2. The Morgan fingerprint density at radius 2 is 2.09 bits per heavy atom. The van der Waals surface area contributed by atoms with Gasteiger partial charge in [0.05, 0.1) is 11.8 Å². The number of benzene rings is 1. The lowest BCUT2D eigenvalue weighted by atomic mass is 10.1. The van der Waals surface area contributed by atoms with Crippen LogP contribution in [0.2, 0.25) is 0 Å². The van der Waals surface area contributed by atoms with Crippen molar-refractivity contribution in [2.45, 2.75) is 32.4 Å². The first-order valence-electron chi connectivity index (χ1n) is 8.00. The van der Waals surface area contributed by atoms with Gasteiger partial charge in [-0.2, -0.15) is 0 Å². The highest BCUT2D eigenvalue weighted by Crippen LogP contribution is 2.26. The van der Waals surface area contributed by atoms with Gasteiger partial charge >= 0.3 is 0 Å². The van der Waals surface area contributed by atoms with E-state index < -0.39 is 0 Å². The van der Waals surface area contributed by atoms with Crippen molar-refractivity contribution >= 4 is 11.5 Å². The fourth-order valence-electron chi connectivity index (χ4n) is 2.81. The van der Waals surface area contributed by atoms with Crippen LogP contribution in [0, 0.1) is 12.7 Å². The number of aryl methyl sites for hydroxylation is 1. The molecule has 1 aromatic heterocycles. The molecule has 122 valence electrons. The first-order chi connectivity index (χ1) is 11.1. The van der Waals surface area contributed by atoms with E-state index in [0.29, 0.717) is 12.1 Å². The van der Waals surface area contributed by atoms with Gasteiger partial charge in [0.15, 0.2) is 5.82 Å². The smallest absolute Gasteiger partial charge is 0.151 e. The summed E-state index contributed by atoms with van der Waals surface area (Å²) in [5.41, 5.74) is 2.49. The standard InChI is InChI=1S/C18H22FN3O/c1-13-4-5-14(11-16(13)19)12-21-17-3-2-8-20-18(17)22-9-6-15(23)7-10-22/h2-5,8,11,15,21,23H,6-7,9-10,12H2,1H3. The van der Waals surface area contributed by atoms with E-state index >= 15 is 0 Å². The van der Waals surface area contributed by atoms with E-state index in [-0.39, 0.29) is 11.9 Å².